The van der Waals surface area contributed by atoms with Crippen LogP contribution < -0.4 is 4.74 Å². The number of hydroxylamine groups is 2. The first-order valence-corrected chi connectivity index (χ1v) is 6.73. The number of hydrogen-bond donors (Lipinski definition) is 0. The molecule has 1 aromatic rings. The fourth-order valence-corrected chi connectivity index (χ4v) is 1.94. The molecule has 0 aliphatic heterocycles. The van der Waals surface area contributed by atoms with Gasteiger partial charge in [-0.05, 0) is 31.0 Å². The number of carbonyl (C=O) groups is 2. The van der Waals surface area contributed by atoms with Gasteiger partial charge in [0, 0.05) is 13.8 Å². The molecule has 1 aromatic carbocycles. The lowest BCUT2D eigenvalue weighted by Gasteiger charge is -2.25. The molecule has 0 N–H and O–H groups in total. The highest BCUT2D eigenvalue weighted by atomic mass is 35.5. The van der Waals surface area contributed by atoms with E-state index in [-0.39, 0.29) is 18.0 Å². The van der Waals surface area contributed by atoms with Gasteiger partial charge in [-0.15, -0.1) is 0 Å². The van der Waals surface area contributed by atoms with Crippen molar-refractivity contribution in [3.63, 3.8) is 0 Å². The van der Waals surface area contributed by atoms with E-state index in [0.29, 0.717) is 12.2 Å². The summed E-state index contributed by atoms with van der Waals surface area (Å²) < 4.78 is 5.14. The van der Waals surface area contributed by atoms with Crippen molar-refractivity contribution in [3.05, 3.63) is 29.8 Å². The Morgan fingerprint density at radius 3 is 2.30 bits per heavy atom. The van der Waals surface area contributed by atoms with Gasteiger partial charge >= 0.3 is 5.97 Å². The standard InChI is InChI=1S/C14H18ClNO4/c1-10(16(11(2)17)20-12(3)18)8-13-4-6-14(7-5-13)19-9-15/h4-7,10H,8-9H2,1-3H3. The quantitative estimate of drug-likeness (QED) is 0.619. The van der Waals surface area contributed by atoms with Crippen LogP contribution in [0.4, 0.5) is 0 Å². The summed E-state index contributed by atoms with van der Waals surface area (Å²) in [6.07, 6.45) is 0.564. The molecule has 20 heavy (non-hydrogen) atoms. The van der Waals surface area contributed by atoms with Gasteiger partial charge in [0.25, 0.3) is 5.91 Å². The van der Waals surface area contributed by atoms with Crippen molar-refractivity contribution in [3.8, 4) is 5.75 Å². The predicted molar refractivity (Wildman–Crippen MR) is 75.2 cm³/mol. The van der Waals surface area contributed by atoms with Crippen LogP contribution in [0.25, 0.3) is 0 Å². The number of hydrogen-bond acceptors (Lipinski definition) is 4. The molecule has 0 bridgehead atoms. The SMILES string of the molecule is CC(=O)ON(C(C)=O)C(C)Cc1ccc(OCCl)cc1. The normalized spacial score (nSPS) is 11.6. The highest BCUT2D eigenvalue weighted by Gasteiger charge is 2.20. The van der Waals surface area contributed by atoms with Gasteiger partial charge in [-0.25, -0.2) is 0 Å². The molecule has 0 spiro atoms. The molecule has 1 unspecified atom stereocenters. The molecule has 0 heterocycles. The number of rotatable bonds is 5. The predicted octanol–water partition coefficient (Wildman–Crippen LogP) is 2.52. The number of alkyl halides is 1. The summed E-state index contributed by atoms with van der Waals surface area (Å²) in [7, 11) is 0. The Morgan fingerprint density at radius 2 is 1.85 bits per heavy atom. The molecule has 0 aliphatic carbocycles. The summed E-state index contributed by atoms with van der Waals surface area (Å²) in [4.78, 5) is 27.4. The Kier molecular flexibility index (Phi) is 6.31. The fourth-order valence-electron chi connectivity index (χ4n) is 1.81. The van der Waals surface area contributed by atoms with Crippen molar-refractivity contribution in [1.29, 1.82) is 0 Å². The summed E-state index contributed by atoms with van der Waals surface area (Å²) >= 11 is 5.47. The van der Waals surface area contributed by atoms with Gasteiger partial charge in [0.15, 0.2) is 6.07 Å². The van der Waals surface area contributed by atoms with Crippen molar-refractivity contribution >= 4 is 23.5 Å². The van der Waals surface area contributed by atoms with E-state index in [1.165, 1.54) is 13.8 Å². The van der Waals surface area contributed by atoms with Crippen LogP contribution in [0.2, 0.25) is 0 Å². The van der Waals surface area contributed by atoms with Crippen molar-refractivity contribution in [2.45, 2.75) is 33.2 Å². The smallest absolute Gasteiger partial charge is 0.329 e. The Balaban J connectivity index is 2.69. The zero-order valence-corrected chi connectivity index (χ0v) is 12.5. The summed E-state index contributed by atoms with van der Waals surface area (Å²) in [6, 6.07) is 7.20. The monoisotopic (exact) mass is 299 g/mol. The molecule has 110 valence electrons. The van der Waals surface area contributed by atoms with E-state index in [4.69, 9.17) is 21.2 Å². The minimum atomic E-state index is -0.516. The summed E-state index contributed by atoms with van der Waals surface area (Å²) in [5.41, 5.74) is 0.998. The second kappa shape index (κ2) is 7.75. The summed E-state index contributed by atoms with van der Waals surface area (Å²) in [6.45, 7) is 4.44. The van der Waals surface area contributed by atoms with Crippen LogP contribution in [0.1, 0.15) is 26.3 Å². The maximum Gasteiger partial charge on any atom is 0.329 e. The molecule has 1 atom stereocenters. The molecule has 0 radical (unpaired) electrons. The molecule has 0 saturated heterocycles. The van der Waals surface area contributed by atoms with Crippen molar-refractivity contribution in [2.24, 2.45) is 0 Å². The lowest BCUT2D eigenvalue weighted by Crippen LogP contribution is -2.39. The van der Waals surface area contributed by atoms with Crippen LogP contribution in [0.15, 0.2) is 24.3 Å². The number of ether oxygens (including phenoxy) is 1. The van der Waals surface area contributed by atoms with E-state index >= 15 is 0 Å². The summed E-state index contributed by atoms with van der Waals surface area (Å²) in [5, 5.41) is 1.09. The lowest BCUT2D eigenvalue weighted by molar-refractivity contribution is -0.203. The average molecular weight is 300 g/mol. The van der Waals surface area contributed by atoms with Crippen LogP contribution in [-0.4, -0.2) is 29.0 Å². The number of amides is 1. The van der Waals surface area contributed by atoms with Gasteiger partial charge in [-0.1, -0.05) is 23.7 Å². The molecule has 0 saturated carbocycles. The Bertz CT molecular complexity index is 461. The van der Waals surface area contributed by atoms with Crippen molar-refractivity contribution in [2.75, 3.05) is 6.07 Å². The van der Waals surface area contributed by atoms with Crippen molar-refractivity contribution in [1.82, 2.24) is 5.06 Å². The molecule has 1 amide bonds. The van der Waals surface area contributed by atoms with Crippen molar-refractivity contribution < 1.29 is 19.2 Å². The Labute approximate surface area is 123 Å². The molecular formula is C14H18ClNO4. The Hall–Kier alpha value is -1.75. The van der Waals surface area contributed by atoms with E-state index in [1.807, 2.05) is 19.1 Å². The molecule has 5 nitrogen and oxygen atoms in total. The van der Waals surface area contributed by atoms with Crippen LogP contribution in [0.5, 0.6) is 5.75 Å². The molecule has 0 aromatic heterocycles. The second-order valence-electron chi connectivity index (χ2n) is 4.38. The fraction of sp³-hybridized carbons (Fsp3) is 0.429. The van der Waals surface area contributed by atoms with Crippen LogP contribution in [0, 0.1) is 0 Å². The van der Waals surface area contributed by atoms with Gasteiger partial charge in [0.2, 0.25) is 0 Å². The van der Waals surface area contributed by atoms with Gasteiger partial charge in [-0.2, -0.15) is 5.06 Å². The average Bonchev–Trinajstić information content (AvgIpc) is 2.38. The number of nitrogens with zero attached hydrogens (tertiary/aromatic N) is 1. The third kappa shape index (κ3) is 5.09. The van der Waals surface area contributed by atoms with E-state index in [9.17, 15) is 9.59 Å². The number of benzene rings is 1. The first kappa shape index (κ1) is 16.3. The molecular weight excluding hydrogens is 282 g/mol. The zero-order valence-electron chi connectivity index (χ0n) is 11.8. The van der Waals surface area contributed by atoms with Crippen LogP contribution in [0.3, 0.4) is 0 Å². The number of halogens is 1. The lowest BCUT2D eigenvalue weighted by atomic mass is 10.1. The third-order valence-corrected chi connectivity index (χ3v) is 2.72. The van der Waals surface area contributed by atoms with Gasteiger partial charge in [0.1, 0.15) is 5.75 Å². The summed E-state index contributed by atoms with van der Waals surface area (Å²) in [5.74, 6) is -0.146. The first-order chi connectivity index (χ1) is 9.43. The topological polar surface area (TPSA) is 55.8 Å². The van der Waals surface area contributed by atoms with Crippen LogP contribution >= 0.6 is 11.6 Å². The largest absolute Gasteiger partial charge is 0.478 e. The van der Waals surface area contributed by atoms with Crippen LogP contribution in [-0.2, 0) is 20.8 Å². The van der Waals surface area contributed by atoms with E-state index < -0.39 is 5.97 Å². The third-order valence-electron chi connectivity index (χ3n) is 2.61. The number of carbonyl (C=O) groups excluding carboxylic acids is 2. The molecule has 6 heteroatoms. The van der Waals surface area contributed by atoms with E-state index in [2.05, 4.69) is 0 Å². The Morgan fingerprint density at radius 1 is 1.25 bits per heavy atom. The molecule has 0 aliphatic rings. The van der Waals surface area contributed by atoms with Gasteiger partial charge in [-0.3, -0.25) is 9.59 Å². The van der Waals surface area contributed by atoms with E-state index in [1.54, 1.807) is 12.1 Å². The minimum absolute atomic E-state index is 0.0975. The maximum absolute atomic E-state index is 11.5. The molecule has 1 rings (SSSR count). The first-order valence-electron chi connectivity index (χ1n) is 6.20. The van der Waals surface area contributed by atoms with Gasteiger partial charge in [0.05, 0.1) is 6.04 Å². The van der Waals surface area contributed by atoms with E-state index in [0.717, 1.165) is 10.6 Å². The highest BCUT2D eigenvalue weighted by Crippen LogP contribution is 2.15. The molecule has 0 fully saturated rings. The zero-order chi connectivity index (χ0) is 15.1. The second-order valence-corrected chi connectivity index (χ2v) is 4.60. The maximum atomic E-state index is 11.5. The minimum Gasteiger partial charge on any atom is -0.478 e. The van der Waals surface area contributed by atoms with Gasteiger partial charge < -0.3 is 9.57 Å². The highest BCUT2D eigenvalue weighted by molar-refractivity contribution is 6.17.